The third-order valence-corrected chi connectivity index (χ3v) is 3.27. The van der Waals surface area contributed by atoms with Gasteiger partial charge in [0.15, 0.2) is 15.3 Å². The van der Waals surface area contributed by atoms with Crippen LogP contribution in [0.3, 0.4) is 0 Å². The van der Waals surface area contributed by atoms with Crippen LogP contribution in [0.2, 0.25) is 0 Å². The van der Waals surface area contributed by atoms with Crippen molar-refractivity contribution in [1.29, 1.82) is 0 Å². The molecule has 4 N–H and O–H groups in total. The molecule has 2 aromatic heterocycles. The first-order valence-corrected chi connectivity index (χ1v) is 7.17. The molecule has 0 saturated carbocycles. The van der Waals surface area contributed by atoms with E-state index in [0.717, 1.165) is 0 Å². The van der Waals surface area contributed by atoms with E-state index in [2.05, 4.69) is 19.9 Å². The smallest absolute Gasteiger partial charge is 0.246 e. The summed E-state index contributed by atoms with van der Waals surface area (Å²) in [6, 6.07) is 0. The molecule has 8 nitrogen and oxygen atoms in total. The van der Waals surface area contributed by atoms with Crippen LogP contribution in [0.15, 0.2) is 6.20 Å². The maximum atomic E-state index is 5.76. The zero-order valence-electron chi connectivity index (χ0n) is 11.8. The summed E-state index contributed by atoms with van der Waals surface area (Å²) in [6.07, 6.45) is 1.40. The van der Waals surface area contributed by atoms with Gasteiger partial charge in [0.05, 0.1) is 13.3 Å². The molecule has 2 rings (SSSR count). The molecule has 0 radical (unpaired) electrons. The minimum Gasteiger partial charge on any atom is -0.479 e. The number of hydrogen-bond donors (Lipinski definition) is 2. The van der Waals surface area contributed by atoms with Crippen LogP contribution in [-0.2, 0) is 0 Å². The van der Waals surface area contributed by atoms with Crippen LogP contribution in [0.25, 0.3) is 0 Å². The molecule has 0 saturated heterocycles. The maximum absolute atomic E-state index is 5.76. The molecule has 0 fully saturated rings. The number of anilines is 2. The lowest BCUT2D eigenvalue weighted by atomic mass is 10.1. The van der Waals surface area contributed by atoms with Gasteiger partial charge in [-0.25, -0.2) is 9.97 Å². The highest BCUT2D eigenvalue weighted by Gasteiger charge is 2.18. The van der Waals surface area contributed by atoms with Crippen LogP contribution in [0.1, 0.15) is 25.5 Å². The summed E-state index contributed by atoms with van der Waals surface area (Å²) < 4.78 is 11.5. The standard InChI is InChI=1S/C12H15IN6O2/c1-5(2)7-10(18-8(13)11(17-7)20-3)21-6-4-16-12(15)19-9(6)14/h4-5H,1-3H3,(H4,14,15,16,19). The molecule has 0 amide bonds. The normalized spacial score (nSPS) is 10.7. The molecule has 9 heteroatoms. The Morgan fingerprint density at radius 1 is 1.14 bits per heavy atom. The van der Waals surface area contributed by atoms with Gasteiger partial charge in [0, 0.05) is 5.92 Å². The first-order chi connectivity index (χ1) is 9.92. The zero-order valence-corrected chi connectivity index (χ0v) is 14.0. The van der Waals surface area contributed by atoms with Crippen molar-refractivity contribution in [3.63, 3.8) is 0 Å². The van der Waals surface area contributed by atoms with Gasteiger partial charge in [0.2, 0.25) is 17.7 Å². The maximum Gasteiger partial charge on any atom is 0.246 e. The first kappa shape index (κ1) is 15.5. The van der Waals surface area contributed by atoms with E-state index in [9.17, 15) is 0 Å². The topological polar surface area (TPSA) is 122 Å². The highest BCUT2D eigenvalue weighted by molar-refractivity contribution is 14.1. The Bertz CT molecular complexity index is 664. The monoisotopic (exact) mass is 402 g/mol. The molecule has 0 aliphatic heterocycles. The van der Waals surface area contributed by atoms with E-state index in [1.165, 1.54) is 6.20 Å². The van der Waals surface area contributed by atoms with Crippen LogP contribution < -0.4 is 20.9 Å². The minimum atomic E-state index is 0.0827. The van der Waals surface area contributed by atoms with Crippen LogP contribution >= 0.6 is 22.6 Å². The van der Waals surface area contributed by atoms with E-state index in [0.29, 0.717) is 21.2 Å². The zero-order chi connectivity index (χ0) is 15.6. The van der Waals surface area contributed by atoms with Gasteiger partial charge in [-0.2, -0.15) is 9.97 Å². The molecule has 0 aliphatic carbocycles. The van der Waals surface area contributed by atoms with Gasteiger partial charge in [-0.15, -0.1) is 0 Å². The van der Waals surface area contributed by atoms with Gasteiger partial charge < -0.3 is 20.9 Å². The van der Waals surface area contributed by atoms with Gasteiger partial charge in [-0.05, 0) is 22.6 Å². The predicted octanol–water partition coefficient (Wildman–Crippen LogP) is 1.96. The number of halogens is 1. The summed E-state index contributed by atoms with van der Waals surface area (Å²) in [5.74, 6) is 1.39. The van der Waals surface area contributed by atoms with E-state index in [1.807, 2.05) is 36.4 Å². The van der Waals surface area contributed by atoms with Crippen LogP contribution in [0.5, 0.6) is 17.5 Å². The molecule has 0 aromatic carbocycles. The lowest BCUT2D eigenvalue weighted by Crippen LogP contribution is -2.07. The fraction of sp³-hybridized carbons (Fsp3) is 0.333. The van der Waals surface area contributed by atoms with Crippen molar-refractivity contribution >= 4 is 34.4 Å². The van der Waals surface area contributed by atoms with Gasteiger partial charge in [0.25, 0.3) is 0 Å². The van der Waals surface area contributed by atoms with E-state index >= 15 is 0 Å². The number of nitrogens with zero attached hydrogens (tertiary/aromatic N) is 4. The van der Waals surface area contributed by atoms with Gasteiger partial charge in [-0.3, -0.25) is 0 Å². The number of ether oxygens (including phenoxy) is 2. The lowest BCUT2D eigenvalue weighted by Gasteiger charge is -2.14. The Labute approximate surface area is 135 Å². The second-order valence-corrected chi connectivity index (χ2v) is 5.47. The average molecular weight is 402 g/mol. The van der Waals surface area contributed by atoms with Gasteiger partial charge in [-0.1, -0.05) is 13.8 Å². The lowest BCUT2D eigenvalue weighted by molar-refractivity contribution is 0.379. The second-order valence-electron chi connectivity index (χ2n) is 4.45. The first-order valence-electron chi connectivity index (χ1n) is 6.09. The SMILES string of the molecule is COc1nc(C(C)C)c(Oc2cnc(N)nc2N)nc1I. The summed E-state index contributed by atoms with van der Waals surface area (Å²) in [5, 5.41) is 0. The van der Waals surface area contributed by atoms with E-state index in [1.54, 1.807) is 7.11 Å². The Morgan fingerprint density at radius 2 is 1.86 bits per heavy atom. The second kappa shape index (κ2) is 6.24. The molecule has 0 aliphatic rings. The number of nitrogen functional groups attached to an aromatic ring is 2. The molecule has 0 bridgehead atoms. The highest BCUT2D eigenvalue weighted by Crippen LogP contribution is 2.32. The Morgan fingerprint density at radius 3 is 2.43 bits per heavy atom. The summed E-state index contributed by atoms with van der Waals surface area (Å²) in [7, 11) is 1.54. The Hall–Kier alpha value is -1.91. The van der Waals surface area contributed by atoms with Crippen molar-refractivity contribution in [1.82, 2.24) is 19.9 Å². The molecular weight excluding hydrogens is 387 g/mol. The molecule has 21 heavy (non-hydrogen) atoms. The summed E-state index contributed by atoms with van der Waals surface area (Å²) in [4.78, 5) is 16.5. The minimum absolute atomic E-state index is 0.0827. The van der Waals surface area contributed by atoms with Crippen molar-refractivity contribution in [2.24, 2.45) is 0 Å². The van der Waals surface area contributed by atoms with Crippen molar-refractivity contribution in [3.05, 3.63) is 15.6 Å². The molecule has 0 unspecified atom stereocenters. The molecule has 112 valence electrons. The molecule has 0 spiro atoms. The molecular formula is C12H15IN6O2. The van der Waals surface area contributed by atoms with Crippen LogP contribution in [-0.4, -0.2) is 27.0 Å². The van der Waals surface area contributed by atoms with Crippen molar-refractivity contribution < 1.29 is 9.47 Å². The number of hydrogen-bond acceptors (Lipinski definition) is 8. The van der Waals surface area contributed by atoms with E-state index in [-0.39, 0.29) is 23.4 Å². The molecule has 0 atom stereocenters. The van der Waals surface area contributed by atoms with Gasteiger partial charge in [0.1, 0.15) is 5.69 Å². The van der Waals surface area contributed by atoms with Crippen molar-refractivity contribution in [2.45, 2.75) is 19.8 Å². The quantitative estimate of drug-likeness (QED) is 0.745. The number of nitrogens with two attached hydrogens (primary N) is 2. The van der Waals surface area contributed by atoms with Crippen molar-refractivity contribution in [3.8, 4) is 17.5 Å². The van der Waals surface area contributed by atoms with Gasteiger partial charge >= 0.3 is 0 Å². The third-order valence-electron chi connectivity index (χ3n) is 2.57. The Balaban J connectivity index is 2.45. The average Bonchev–Trinajstić information content (AvgIpc) is 2.41. The van der Waals surface area contributed by atoms with Crippen LogP contribution in [0.4, 0.5) is 11.8 Å². The summed E-state index contributed by atoms with van der Waals surface area (Å²) in [6.45, 7) is 3.96. The third kappa shape index (κ3) is 3.40. The summed E-state index contributed by atoms with van der Waals surface area (Å²) >= 11 is 2.02. The van der Waals surface area contributed by atoms with Crippen LogP contribution in [0, 0.1) is 3.70 Å². The van der Waals surface area contributed by atoms with E-state index in [4.69, 9.17) is 20.9 Å². The number of methoxy groups -OCH3 is 1. The summed E-state index contributed by atoms with van der Waals surface area (Å²) in [5.41, 5.74) is 11.9. The van der Waals surface area contributed by atoms with E-state index < -0.39 is 0 Å². The van der Waals surface area contributed by atoms with Crippen molar-refractivity contribution in [2.75, 3.05) is 18.6 Å². The Kier molecular flexibility index (Phi) is 4.60. The highest BCUT2D eigenvalue weighted by atomic mass is 127. The molecule has 2 heterocycles. The molecule has 2 aromatic rings. The fourth-order valence-electron chi connectivity index (χ4n) is 1.56. The number of aromatic nitrogens is 4. The predicted molar refractivity (Wildman–Crippen MR) is 86.3 cm³/mol. The fourth-order valence-corrected chi connectivity index (χ4v) is 2.12. The largest absolute Gasteiger partial charge is 0.479 e. The number of rotatable bonds is 4.